The van der Waals surface area contributed by atoms with Gasteiger partial charge in [0.2, 0.25) is 0 Å². The number of aryl methyl sites for hydroxylation is 1. The lowest BCUT2D eigenvalue weighted by Gasteiger charge is -2.31. The van der Waals surface area contributed by atoms with Crippen molar-refractivity contribution in [1.82, 2.24) is 0 Å². The van der Waals surface area contributed by atoms with Gasteiger partial charge in [0.15, 0.2) is 0 Å². The van der Waals surface area contributed by atoms with E-state index < -0.39 is 5.97 Å². The standard InChI is InChI=1S/C14H19NO3/c1-18-9-3-8-15-7-2-4-11-10-12(14(16)17)5-6-13(11)15/h5-6,10H,2-4,7-9H2,1H3,(H,16,17). The van der Waals surface area contributed by atoms with E-state index in [-0.39, 0.29) is 0 Å². The van der Waals surface area contributed by atoms with Crippen LogP contribution in [-0.2, 0) is 11.2 Å². The van der Waals surface area contributed by atoms with Crippen LogP contribution in [0, 0.1) is 0 Å². The summed E-state index contributed by atoms with van der Waals surface area (Å²) < 4.78 is 5.07. The number of ether oxygens (including phenoxy) is 1. The Balaban J connectivity index is 2.14. The van der Waals surface area contributed by atoms with Gasteiger partial charge < -0.3 is 14.7 Å². The number of hydrogen-bond acceptors (Lipinski definition) is 3. The van der Waals surface area contributed by atoms with Crippen molar-refractivity contribution in [1.29, 1.82) is 0 Å². The first-order valence-electron chi connectivity index (χ1n) is 6.32. The molecule has 0 amide bonds. The maximum absolute atomic E-state index is 10.9. The van der Waals surface area contributed by atoms with Crippen LogP contribution in [0.1, 0.15) is 28.8 Å². The molecule has 18 heavy (non-hydrogen) atoms. The molecule has 0 unspecified atom stereocenters. The molecule has 4 heteroatoms. The molecular weight excluding hydrogens is 230 g/mol. The number of benzene rings is 1. The molecule has 1 aliphatic rings. The van der Waals surface area contributed by atoms with Crippen molar-refractivity contribution in [2.75, 3.05) is 31.7 Å². The van der Waals surface area contributed by atoms with Crippen LogP contribution in [0.4, 0.5) is 5.69 Å². The monoisotopic (exact) mass is 249 g/mol. The normalized spacial score (nSPS) is 14.4. The fourth-order valence-corrected chi connectivity index (χ4v) is 2.44. The van der Waals surface area contributed by atoms with E-state index in [0.717, 1.165) is 44.5 Å². The number of rotatable bonds is 5. The van der Waals surface area contributed by atoms with Gasteiger partial charge in [-0.3, -0.25) is 0 Å². The van der Waals surface area contributed by atoms with Crippen molar-refractivity contribution in [3.8, 4) is 0 Å². The Labute approximate surface area is 107 Å². The van der Waals surface area contributed by atoms with E-state index in [0.29, 0.717) is 5.56 Å². The summed E-state index contributed by atoms with van der Waals surface area (Å²) in [5, 5.41) is 9.00. The number of carbonyl (C=O) groups is 1. The second kappa shape index (κ2) is 5.87. The van der Waals surface area contributed by atoms with Crippen molar-refractivity contribution in [2.24, 2.45) is 0 Å². The van der Waals surface area contributed by atoms with Crippen molar-refractivity contribution in [3.05, 3.63) is 29.3 Å². The lowest BCUT2D eigenvalue weighted by Crippen LogP contribution is -2.31. The van der Waals surface area contributed by atoms with E-state index >= 15 is 0 Å². The molecule has 1 aromatic carbocycles. The minimum atomic E-state index is -0.852. The summed E-state index contributed by atoms with van der Waals surface area (Å²) in [6.45, 7) is 2.77. The van der Waals surface area contributed by atoms with Crippen LogP contribution in [-0.4, -0.2) is 37.9 Å². The highest BCUT2D eigenvalue weighted by Crippen LogP contribution is 2.28. The van der Waals surface area contributed by atoms with Gasteiger partial charge in [-0.05, 0) is 43.0 Å². The van der Waals surface area contributed by atoms with Crippen LogP contribution in [0.5, 0.6) is 0 Å². The molecule has 0 radical (unpaired) electrons. The van der Waals surface area contributed by atoms with Crippen LogP contribution in [0.3, 0.4) is 0 Å². The Bertz CT molecular complexity index is 431. The molecule has 0 spiro atoms. The number of nitrogens with zero attached hydrogens (tertiary/aromatic N) is 1. The maximum Gasteiger partial charge on any atom is 0.335 e. The lowest BCUT2D eigenvalue weighted by atomic mass is 9.99. The van der Waals surface area contributed by atoms with Gasteiger partial charge >= 0.3 is 5.97 Å². The first-order valence-corrected chi connectivity index (χ1v) is 6.32. The lowest BCUT2D eigenvalue weighted by molar-refractivity contribution is 0.0697. The maximum atomic E-state index is 10.9. The fraction of sp³-hybridized carbons (Fsp3) is 0.500. The van der Waals surface area contributed by atoms with Crippen molar-refractivity contribution >= 4 is 11.7 Å². The van der Waals surface area contributed by atoms with Crippen molar-refractivity contribution < 1.29 is 14.6 Å². The highest BCUT2D eigenvalue weighted by molar-refractivity contribution is 5.88. The molecule has 4 nitrogen and oxygen atoms in total. The summed E-state index contributed by atoms with van der Waals surface area (Å²) in [7, 11) is 1.71. The minimum absolute atomic E-state index is 0.382. The second-order valence-electron chi connectivity index (χ2n) is 4.59. The zero-order valence-corrected chi connectivity index (χ0v) is 10.7. The fourth-order valence-electron chi connectivity index (χ4n) is 2.44. The number of carboxylic acids is 1. The average Bonchev–Trinajstić information content (AvgIpc) is 2.38. The van der Waals surface area contributed by atoms with Crippen LogP contribution >= 0.6 is 0 Å². The number of hydrogen-bond donors (Lipinski definition) is 1. The molecule has 0 aromatic heterocycles. The van der Waals surface area contributed by atoms with E-state index in [1.54, 1.807) is 19.2 Å². The average molecular weight is 249 g/mol. The van der Waals surface area contributed by atoms with Crippen molar-refractivity contribution in [2.45, 2.75) is 19.3 Å². The Kier molecular flexibility index (Phi) is 4.20. The van der Waals surface area contributed by atoms with Crippen LogP contribution in [0.15, 0.2) is 18.2 Å². The van der Waals surface area contributed by atoms with E-state index in [9.17, 15) is 4.79 Å². The van der Waals surface area contributed by atoms with E-state index in [2.05, 4.69) is 4.90 Å². The third-order valence-corrected chi connectivity index (χ3v) is 3.32. The first-order chi connectivity index (χ1) is 8.72. The van der Waals surface area contributed by atoms with Gasteiger partial charge in [-0.15, -0.1) is 0 Å². The number of methoxy groups -OCH3 is 1. The van der Waals surface area contributed by atoms with Gasteiger partial charge in [0.25, 0.3) is 0 Å². The summed E-state index contributed by atoms with van der Waals surface area (Å²) in [6.07, 6.45) is 3.05. The van der Waals surface area contributed by atoms with E-state index in [4.69, 9.17) is 9.84 Å². The van der Waals surface area contributed by atoms with Gasteiger partial charge in [0, 0.05) is 32.5 Å². The zero-order valence-electron chi connectivity index (χ0n) is 10.7. The highest BCUT2D eigenvalue weighted by atomic mass is 16.5. The molecule has 1 heterocycles. The SMILES string of the molecule is COCCCN1CCCc2cc(C(=O)O)ccc21. The van der Waals surface area contributed by atoms with Gasteiger partial charge in [-0.2, -0.15) is 0 Å². The van der Waals surface area contributed by atoms with Gasteiger partial charge in [0.1, 0.15) is 0 Å². The van der Waals surface area contributed by atoms with Gasteiger partial charge in [-0.1, -0.05) is 0 Å². The number of fused-ring (bicyclic) bond motifs is 1. The Morgan fingerprint density at radius 2 is 2.33 bits per heavy atom. The quantitative estimate of drug-likeness (QED) is 0.813. The third-order valence-electron chi connectivity index (χ3n) is 3.32. The second-order valence-corrected chi connectivity index (χ2v) is 4.59. The first kappa shape index (κ1) is 12.9. The van der Waals surface area contributed by atoms with E-state index in [1.807, 2.05) is 6.07 Å². The molecule has 1 aliphatic heterocycles. The predicted molar refractivity (Wildman–Crippen MR) is 70.4 cm³/mol. The van der Waals surface area contributed by atoms with E-state index in [1.165, 1.54) is 5.69 Å². The molecule has 98 valence electrons. The summed E-state index contributed by atoms with van der Waals surface area (Å²) in [5.41, 5.74) is 2.72. The predicted octanol–water partition coefficient (Wildman–Crippen LogP) is 2.17. The smallest absolute Gasteiger partial charge is 0.335 e. The zero-order chi connectivity index (χ0) is 13.0. The Hall–Kier alpha value is -1.55. The molecule has 0 saturated carbocycles. The molecule has 1 N–H and O–H groups in total. The van der Waals surface area contributed by atoms with Gasteiger partial charge in [0.05, 0.1) is 5.56 Å². The summed E-state index contributed by atoms with van der Waals surface area (Å²) >= 11 is 0. The molecule has 0 aliphatic carbocycles. The van der Waals surface area contributed by atoms with Crippen LogP contribution < -0.4 is 4.90 Å². The third kappa shape index (κ3) is 2.82. The van der Waals surface area contributed by atoms with Crippen LogP contribution in [0.2, 0.25) is 0 Å². The molecule has 0 bridgehead atoms. The van der Waals surface area contributed by atoms with Crippen molar-refractivity contribution in [3.63, 3.8) is 0 Å². The van der Waals surface area contributed by atoms with Crippen LogP contribution in [0.25, 0.3) is 0 Å². The Morgan fingerprint density at radius 1 is 1.50 bits per heavy atom. The number of anilines is 1. The number of carboxylic acid groups (broad SMARTS) is 1. The summed E-state index contributed by atoms with van der Waals surface area (Å²) in [4.78, 5) is 13.3. The Morgan fingerprint density at radius 3 is 3.06 bits per heavy atom. The summed E-state index contributed by atoms with van der Waals surface area (Å²) in [5.74, 6) is -0.852. The minimum Gasteiger partial charge on any atom is -0.478 e. The molecule has 1 aromatic rings. The molecular formula is C14H19NO3. The molecule has 2 rings (SSSR count). The topological polar surface area (TPSA) is 49.8 Å². The molecule has 0 saturated heterocycles. The largest absolute Gasteiger partial charge is 0.478 e. The molecule has 0 atom stereocenters. The number of aromatic carboxylic acids is 1. The highest BCUT2D eigenvalue weighted by Gasteiger charge is 2.17. The molecule has 0 fully saturated rings. The van der Waals surface area contributed by atoms with Gasteiger partial charge in [-0.25, -0.2) is 4.79 Å². The summed E-state index contributed by atoms with van der Waals surface area (Å²) in [6, 6.07) is 5.43.